The molecule has 0 amide bonds. The van der Waals surface area contributed by atoms with E-state index in [1.165, 1.54) is 6.92 Å². The summed E-state index contributed by atoms with van der Waals surface area (Å²) in [6.45, 7) is 8.09. The summed E-state index contributed by atoms with van der Waals surface area (Å²) in [5.74, 6) is -0.935. The molecule has 0 atom stereocenters. The Morgan fingerprint density at radius 3 is 1.73 bits per heavy atom. The zero-order valence-electron chi connectivity index (χ0n) is 7.29. The maximum Gasteiger partial charge on any atom is 0.330 e. The number of carboxylic acids is 1. The maximum absolute atomic E-state index is 9.60. The summed E-state index contributed by atoms with van der Waals surface area (Å²) in [4.78, 5) is 11.5. The molecule has 3 heteroatoms. The van der Waals surface area contributed by atoms with Crippen molar-refractivity contribution in [2.45, 2.75) is 6.92 Å². The first kappa shape index (κ1) is 12.4. The van der Waals surface area contributed by atoms with Gasteiger partial charge in [0.1, 0.15) is 0 Å². The molecular weight excluding hydrogens is 142 g/mol. The van der Waals surface area contributed by atoms with E-state index in [2.05, 4.69) is 13.2 Å². The Bertz CT molecular complexity index is 138. The molecule has 0 unspecified atom stereocenters. The average Bonchev–Trinajstić information content (AvgIpc) is 1.89. The Morgan fingerprint density at radius 1 is 1.55 bits per heavy atom. The molecule has 0 spiro atoms. The molecule has 1 N–H and O–H groups in total. The monoisotopic (exact) mass is 157 g/mol. The Kier molecular flexibility index (Phi) is 7.76. The summed E-state index contributed by atoms with van der Waals surface area (Å²) in [5, 5.41) is 7.89. The molecule has 0 aromatic carbocycles. The Balaban J connectivity index is 0. The van der Waals surface area contributed by atoms with Gasteiger partial charge in [0.15, 0.2) is 0 Å². The second kappa shape index (κ2) is 6.86. The van der Waals surface area contributed by atoms with Crippen LogP contribution in [0.1, 0.15) is 6.92 Å². The van der Waals surface area contributed by atoms with Crippen LogP contribution in [0, 0.1) is 0 Å². The smallest absolute Gasteiger partial charge is 0.330 e. The van der Waals surface area contributed by atoms with Crippen molar-refractivity contribution in [2.24, 2.45) is 0 Å². The first-order valence-electron chi connectivity index (χ1n) is 3.09. The summed E-state index contributed by atoms with van der Waals surface area (Å²) in [6, 6.07) is 0. The van der Waals surface area contributed by atoms with E-state index in [4.69, 9.17) is 5.11 Å². The van der Waals surface area contributed by atoms with Crippen LogP contribution in [-0.2, 0) is 4.79 Å². The van der Waals surface area contributed by atoms with Crippen molar-refractivity contribution < 1.29 is 9.90 Å². The zero-order valence-corrected chi connectivity index (χ0v) is 7.29. The first-order valence-corrected chi connectivity index (χ1v) is 3.09. The fourth-order valence-electron chi connectivity index (χ4n) is 0. The lowest BCUT2D eigenvalue weighted by Crippen LogP contribution is -1.97. The molecule has 0 bridgehead atoms. The van der Waals surface area contributed by atoms with Gasteiger partial charge < -0.3 is 10.0 Å². The number of carboxylic acid groups (broad SMARTS) is 1. The Labute approximate surface area is 67.6 Å². The Hall–Kier alpha value is -1.25. The molecule has 0 aliphatic heterocycles. The van der Waals surface area contributed by atoms with Crippen LogP contribution in [0.25, 0.3) is 0 Å². The van der Waals surface area contributed by atoms with Crippen LogP contribution in [0.2, 0.25) is 0 Å². The number of hydrogen-bond donors (Lipinski definition) is 1. The molecule has 11 heavy (non-hydrogen) atoms. The third-order valence-electron chi connectivity index (χ3n) is 0.730. The average molecular weight is 157 g/mol. The van der Waals surface area contributed by atoms with Gasteiger partial charge in [-0.2, -0.15) is 0 Å². The van der Waals surface area contributed by atoms with Gasteiger partial charge in [0.25, 0.3) is 0 Å². The van der Waals surface area contributed by atoms with Crippen LogP contribution in [0.4, 0.5) is 0 Å². The topological polar surface area (TPSA) is 40.5 Å². The molecule has 3 nitrogen and oxygen atoms in total. The molecule has 0 saturated heterocycles. The molecule has 0 radical (unpaired) electrons. The summed E-state index contributed by atoms with van der Waals surface area (Å²) < 4.78 is 0. The normalized spacial score (nSPS) is 7.18. The van der Waals surface area contributed by atoms with Gasteiger partial charge in [-0.15, -0.1) is 0 Å². The van der Waals surface area contributed by atoms with E-state index in [1.807, 2.05) is 19.0 Å². The number of nitrogens with zero attached hydrogens (tertiary/aromatic N) is 1. The van der Waals surface area contributed by atoms with Gasteiger partial charge in [-0.3, -0.25) is 0 Å². The zero-order chi connectivity index (χ0) is 9.44. The number of aliphatic carboxylic acids is 1. The van der Waals surface area contributed by atoms with Crippen molar-refractivity contribution in [2.75, 3.05) is 14.1 Å². The van der Waals surface area contributed by atoms with Gasteiger partial charge in [0, 0.05) is 19.7 Å². The predicted molar refractivity (Wildman–Crippen MR) is 46.3 cm³/mol. The second-order valence-electron chi connectivity index (χ2n) is 2.23. The van der Waals surface area contributed by atoms with E-state index in [0.29, 0.717) is 0 Å². The first-order chi connectivity index (χ1) is 4.91. The molecular formula is C8H15NO2. The van der Waals surface area contributed by atoms with Gasteiger partial charge >= 0.3 is 5.97 Å². The highest BCUT2D eigenvalue weighted by atomic mass is 16.4. The van der Waals surface area contributed by atoms with Crippen molar-refractivity contribution >= 4 is 5.97 Å². The van der Waals surface area contributed by atoms with Crippen molar-refractivity contribution in [3.8, 4) is 0 Å². The molecule has 0 saturated carbocycles. The fraction of sp³-hybridized carbons (Fsp3) is 0.375. The van der Waals surface area contributed by atoms with Crippen molar-refractivity contribution in [3.05, 3.63) is 24.9 Å². The van der Waals surface area contributed by atoms with Gasteiger partial charge in [-0.05, 0) is 13.1 Å². The summed E-state index contributed by atoms with van der Waals surface area (Å²) in [7, 11) is 3.88. The van der Waals surface area contributed by atoms with Crippen LogP contribution in [0.15, 0.2) is 24.9 Å². The van der Waals surface area contributed by atoms with Crippen LogP contribution in [-0.4, -0.2) is 30.1 Å². The van der Waals surface area contributed by atoms with Gasteiger partial charge in [-0.25, -0.2) is 4.79 Å². The molecule has 0 aliphatic rings. The van der Waals surface area contributed by atoms with E-state index >= 15 is 0 Å². The third kappa shape index (κ3) is 17.7. The standard InChI is InChI=1S/C4H9N.C4H6O2/c1-4-5(2)3;1-3(2)4(5)6/h4H,1H2,2-3H3;1H2,2H3,(H,5,6). The second-order valence-corrected chi connectivity index (χ2v) is 2.23. The van der Waals surface area contributed by atoms with E-state index in [0.717, 1.165) is 0 Å². The third-order valence-corrected chi connectivity index (χ3v) is 0.730. The highest BCUT2D eigenvalue weighted by Gasteiger charge is 1.90. The van der Waals surface area contributed by atoms with E-state index in [-0.39, 0.29) is 5.57 Å². The van der Waals surface area contributed by atoms with Crippen molar-refractivity contribution in [3.63, 3.8) is 0 Å². The molecule has 0 aromatic rings. The van der Waals surface area contributed by atoms with Gasteiger partial charge in [-0.1, -0.05) is 13.2 Å². The molecule has 0 heterocycles. The summed E-state index contributed by atoms with van der Waals surface area (Å²) >= 11 is 0. The number of rotatable bonds is 2. The Morgan fingerprint density at radius 2 is 1.73 bits per heavy atom. The maximum atomic E-state index is 9.60. The lowest BCUT2D eigenvalue weighted by molar-refractivity contribution is -0.132. The van der Waals surface area contributed by atoms with Crippen LogP contribution in [0.3, 0.4) is 0 Å². The lowest BCUT2D eigenvalue weighted by atomic mass is 10.4. The largest absolute Gasteiger partial charge is 0.478 e. The minimum atomic E-state index is -0.935. The highest BCUT2D eigenvalue weighted by molar-refractivity contribution is 5.84. The molecule has 0 fully saturated rings. The van der Waals surface area contributed by atoms with Gasteiger partial charge in [0.05, 0.1) is 0 Å². The predicted octanol–water partition coefficient (Wildman–Crippen LogP) is 1.34. The SMILES string of the molecule is C=C(C)C(=O)O.C=CN(C)C. The van der Waals surface area contributed by atoms with Crippen LogP contribution < -0.4 is 0 Å². The van der Waals surface area contributed by atoms with Crippen molar-refractivity contribution in [1.82, 2.24) is 4.90 Å². The quantitative estimate of drug-likeness (QED) is 0.615. The van der Waals surface area contributed by atoms with Gasteiger partial charge in [0.2, 0.25) is 0 Å². The van der Waals surface area contributed by atoms with E-state index in [9.17, 15) is 4.79 Å². The lowest BCUT2D eigenvalue weighted by Gasteiger charge is -1.98. The fourth-order valence-corrected chi connectivity index (χ4v) is 0. The van der Waals surface area contributed by atoms with Crippen molar-refractivity contribution in [1.29, 1.82) is 0 Å². The molecule has 0 aromatic heterocycles. The molecule has 0 aliphatic carbocycles. The number of hydrogen-bond acceptors (Lipinski definition) is 2. The number of carbonyl (C=O) groups is 1. The van der Waals surface area contributed by atoms with E-state index < -0.39 is 5.97 Å². The summed E-state index contributed by atoms with van der Waals surface area (Å²) in [6.07, 6.45) is 1.75. The minimum absolute atomic E-state index is 0.176. The molecule has 0 rings (SSSR count). The summed E-state index contributed by atoms with van der Waals surface area (Å²) in [5.41, 5.74) is 0.176. The van der Waals surface area contributed by atoms with Crippen LogP contribution >= 0.6 is 0 Å². The van der Waals surface area contributed by atoms with Crippen LogP contribution in [0.5, 0.6) is 0 Å². The minimum Gasteiger partial charge on any atom is -0.478 e. The highest BCUT2D eigenvalue weighted by Crippen LogP contribution is 1.81. The molecule has 64 valence electrons. The van der Waals surface area contributed by atoms with E-state index in [1.54, 1.807) is 6.20 Å².